The third-order valence-electron chi connectivity index (χ3n) is 4.11. The van der Waals surface area contributed by atoms with E-state index in [-0.39, 0.29) is 5.25 Å². The smallest absolute Gasteiger partial charge is 0.231 e. The van der Waals surface area contributed by atoms with Crippen LogP contribution in [-0.4, -0.2) is 22.0 Å². The number of unbranched alkanes of at least 4 members (excludes halogenated alkanes) is 5. The van der Waals surface area contributed by atoms with Crippen molar-refractivity contribution in [1.29, 1.82) is 0 Å². The van der Waals surface area contributed by atoms with E-state index in [4.69, 9.17) is 9.47 Å². The lowest BCUT2D eigenvalue weighted by Gasteiger charge is -2.12. The second-order valence-electron chi connectivity index (χ2n) is 6.05. The maximum atomic E-state index is 12.3. The summed E-state index contributed by atoms with van der Waals surface area (Å²) in [6.45, 7) is 4.61. The summed E-state index contributed by atoms with van der Waals surface area (Å²) in [6.07, 6.45) is 8.32. The Labute approximate surface area is 136 Å². The molecular formula is C18H28O3S. The van der Waals surface area contributed by atoms with Crippen molar-refractivity contribution in [3.8, 4) is 11.5 Å². The van der Waals surface area contributed by atoms with Gasteiger partial charge < -0.3 is 9.47 Å². The molecule has 0 amide bonds. The molecule has 0 radical (unpaired) electrons. The average Bonchev–Trinajstić information content (AvgIpc) is 2.98. The number of hydrogen-bond donors (Lipinski definition) is 0. The van der Waals surface area contributed by atoms with E-state index in [9.17, 15) is 4.21 Å². The first-order valence-corrected chi connectivity index (χ1v) is 9.84. The molecule has 124 valence electrons. The summed E-state index contributed by atoms with van der Waals surface area (Å²) >= 11 is 0. The van der Waals surface area contributed by atoms with Crippen molar-refractivity contribution in [3.63, 3.8) is 0 Å². The lowest BCUT2D eigenvalue weighted by Crippen LogP contribution is -2.16. The van der Waals surface area contributed by atoms with Gasteiger partial charge in [0.25, 0.3) is 0 Å². The van der Waals surface area contributed by atoms with Gasteiger partial charge in [0.15, 0.2) is 11.5 Å². The zero-order chi connectivity index (χ0) is 15.8. The lowest BCUT2D eigenvalue weighted by molar-refractivity contribution is 0.174. The van der Waals surface area contributed by atoms with E-state index in [0.717, 1.165) is 30.1 Å². The summed E-state index contributed by atoms with van der Waals surface area (Å²) in [5.41, 5.74) is 1.17. The van der Waals surface area contributed by atoms with Gasteiger partial charge in [0.05, 0.1) is 0 Å². The molecule has 3 nitrogen and oxygen atoms in total. The Morgan fingerprint density at radius 3 is 2.64 bits per heavy atom. The fourth-order valence-corrected chi connectivity index (χ4v) is 3.99. The molecule has 0 fully saturated rings. The van der Waals surface area contributed by atoms with Crippen LogP contribution in [-0.2, 0) is 17.2 Å². The third kappa shape index (κ3) is 5.31. The minimum absolute atomic E-state index is 0.191. The molecule has 0 N–H and O–H groups in total. The number of ether oxygens (including phenoxy) is 2. The molecule has 1 aromatic rings. The highest BCUT2D eigenvalue weighted by Crippen LogP contribution is 2.33. The summed E-state index contributed by atoms with van der Waals surface area (Å²) in [6, 6.07) is 6.01. The summed E-state index contributed by atoms with van der Waals surface area (Å²) in [4.78, 5) is 0. The number of benzene rings is 1. The van der Waals surface area contributed by atoms with Crippen molar-refractivity contribution in [3.05, 3.63) is 23.8 Å². The molecule has 22 heavy (non-hydrogen) atoms. The van der Waals surface area contributed by atoms with Crippen LogP contribution in [0.3, 0.4) is 0 Å². The Hall–Kier alpha value is -1.03. The Morgan fingerprint density at radius 1 is 1.09 bits per heavy atom. The zero-order valence-corrected chi connectivity index (χ0v) is 14.6. The molecule has 1 aromatic carbocycles. The van der Waals surface area contributed by atoms with Gasteiger partial charge in [-0.1, -0.05) is 52.0 Å². The van der Waals surface area contributed by atoms with Gasteiger partial charge in [0, 0.05) is 21.8 Å². The van der Waals surface area contributed by atoms with E-state index < -0.39 is 10.8 Å². The molecule has 0 aliphatic carbocycles. The summed E-state index contributed by atoms with van der Waals surface area (Å²) in [7, 11) is -0.743. The fourth-order valence-electron chi connectivity index (χ4n) is 2.72. The van der Waals surface area contributed by atoms with Crippen LogP contribution in [0.2, 0.25) is 0 Å². The Bertz CT molecular complexity index is 487. The highest BCUT2D eigenvalue weighted by Gasteiger charge is 2.16. The second kappa shape index (κ2) is 9.19. The lowest BCUT2D eigenvalue weighted by atomic mass is 10.1. The van der Waals surface area contributed by atoms with Gasteiger partial charge in [0.2, 0.25) is 6.79 Å². The minimum Gasteiger partial charge on any atom is -0.454 e. The number of fused-ring (bicyclic) bond motifs is 1. The predicted molar refractivity (Wildman–Crippen MR) is 92.1 cm³/mol. The van der Waals surface area contributed by atoms with Crippen LogP contribution in [0.4, 0.5) is 0 Å². The maximum Gasteiger partial charge on any atom is 0.231 e. The van der Waals surface area contributed by atoms with E-state index in [1.54, 1.807) is 0 Å². The van der Waals surface area contributed by atoms with E-state index in [1.807, 2.05) is 18.2 Å². The van der Waals surface area contributed by atoms with Crippen LogP contribution in [0, 0.1) is 0 Å². The summed E-state index contributed by atoms with van der Waals surface area (Å²) < 4.78 is 23.0. The summed E-state index contributed by atoms with van der Waals surface area (Å²) in [5.74, 6) is 2.45. The van der Waals surface area contributed by atoms with Crippen molar-refractivity contribution < 1.29 is 13.7 Å². The van der Waals surface area contributed by atoms with Gasteiger partial charge in [-0.15, -0.1) is 0 Å². The van der Waals surface area contributed by atoms with Crippen molar-refractivity contribution in [2.24, 2.45) is 0 Å². The largest absolute Gasteiger partial charge is 0.454 e. The van der Waals surface area contributed by atoms with Crippen LogP contribution in [0.5, 0.6) is 11.5 Å². The van der Waals surface area contributed by atoms with Crippen molar-refractivity contribution in [2.75, 3.05) is 12.5 Å². The second-order valence-corrected chi connectivity index (χ2v) is 8.03. The van der Waals surface area contributed by atoms with E-state index in [1.165, 1.54) is 37.7 Å². The first kappa shape index (κ1) is 17.3. The van der Waals surface area contributed by atoms with E-state index in [2.05, 4.69) is 13.8 Å². The molecule has 4 heteroatoms. The van der Waals surface area contributed by atoms with Gasteiger partial charge in [-0.3, -0.25) is 4.21 Å². The van der Waals surface area contributed by atoms with Crippen LogP contribution in [0.25, 0.3) is 0 Å². The first-order valence-electron chi connectivity index (χ1n) is 8.46. The Morgan fingerprint density at radius 2 is 1.82 bits per heavy atom. The number of hydrogen-bond acceptors (Lipinski definition) is 3. The highest BCUT2D eigenvalue weighted by atomic mass is 32.2. The molecule has 1 heterocycles. The molecule has 2 rings (SSSR count). The topological polar surface area (TPSA) is 35.5 Å². The monoisotopic (exact) mass is 324 g/mol. The van der Waals surface area contributed by atoms with Crippen LogP contribution < -0.4 is 9.47 Å². The third-order valence-corrected chi connectivity index (χ3v) is 5.86. The predicted octanol–water partition coefficient (Wildman–Crippen LogP) is 4.46. The molecule has 0 saturated heterocycles. The van der Waals surface area contributed by atoms with Crippen LogP contribution in [0.15, 0.2) is 18.2 Å². The molecule has 0 unspecified atom stereocenters. The normalized spacial score (nSPS) is 15.7. The van der Waals surface area contributed by atoms with Gasteiger partial charge >= 0.3 is 0 Å². The number of rotatable bonds is 10. The fraction of sp³-hybridized carbons (Fsp3) is 0.667. The van der Waals surface area contributed by atoms with Gasteiger partial charge in [-0.05, 0) is 30.5 Å². The molecule has 1 aliphatic rings. The van der Waals surface area contributed by atoms with Crippen molar-refractivity contribution >= 4 is 10.8 Å². The van der Waals surface area contributed by atoms with Crippen LogP contribution in [0.1, 0.15) is 57.9 Å². The molecule has 0 spiro atoms. The molecule has 0 aromatic heterocycles. The van der Waals surface area contributed by atoms with Gasteiger partial charge in [-0.2, -0.15) is 0 Å². The molecule has 2 atom stereocenters. The van der Waals surface area contributed by atoms with Gasteiger partial charge in [0.1, 0.15) is 0 Å². The van der Waals surface area contributed by atoms with E-state index in [0.29, 0.717) is 6.79 Å². The molecular weight excluding hydrogens is 296 g/mol. The van der Waals surface area contributed by atoms with Crippen molar-refractivity contribution in [1.82, 2.24) is 0 Å². The Balaban J connectivity index is 1.70. The standard InChI is InChI=1S/C18H28O3S/c1-3-4-5-6-7-8-11-22(19)15(2)12-16-9-10-17-18(13-16)21-14-20-17/h9-10,13,15H,3-8,11-12,14H2,1-2H3/t15-,22-/m0/s1. The van der Waals surface area contributed by atoms with E-state index >= 15 is 0 Å². The zero-order valence-electron chi connectivity index (χ0n) is 13.8. The maximum absolute atomic E-state index is 12.3. The molecule has 0 bridgehead atoms. The average molecular weight is 324 g/mol. The van der Waals surface area contributed by atoms with Crippen molar-refractivity contribution in [2.45, 2.75) is 64.0 Å². The van der Waals surface area contributed by atoms with Gasteiger partial charge in [-0.25, -0.2) is 0 Å². The van der Waals surface area contributed by atoms with Crippen LogP contribution >= 0.6 is 0 Å². The Kier molecular flexibility index (Phi) is 7.23. The summed E-state index contributed by atoms with van der Waals surface area (Å²) in [5, 5.41) is 0.191. The molecule has 0 saturated carbocycles. The molecule has 1 aliphatic heterocycles. The quantitative estimate of drug-likeness (QED) is 0.596. The minimum atomic E-state index is -0.743. The SMILES string of the molecule is CCCCCCCC[S@](=O)[C@@H](C)Cc1ccc2c(c1)OCO2. The first-order chi connectivity index (χ1) is 10.7. The highest BCUT2D eigenvalue weighted by molar-refractivity contribution is 7.85.